The van der Waals surface area contributed by atoms with Crippen LogP contribution in [0.5, 0.6) is 0 Å². The number of carbonyl (C=O) groups excluding carboxylic acids is 1. The molecule has 0 radical (unpaired) electrons. The second-order valence-electron chi connectivity index (χ2n) is 7.56. The zero-order chi connectivity index (χ0) is 23.1. The molecule has 32 heavy (non-hydrogen) atoms. The predicted octanol–water partition coefficient (Wildman–Crippen LogP) is 4.13. The molecule has 168 valence electrons. The van der Waals surface area contributed by atoms with Gasteiger partial charge < -0.3 is 0 Å². The van der Waals surface area contributed by atoms with Gasteiger partial charge in [-0.2, -0.15) is 4.31 Å². The Bertz CT molecular complexity index is 1090. The summed E-state index contributed by atoms with van der Waals surface area (Å²) < 4.78 is 27.7. The molecule has 7 heteroatoms. The first-order chi connectivity index (χ1) is 15.4. The summed E-state index contributed by atoms with van der Waals surface area (Å²) in [6.45, 7) is 10.1. The van der Waals surface area contributed by atoms with Gasteiger partial charge in [0.2, 0.25) is 10.0 Å². The van der Waals surface area contributed by atoms with Gasteiger partial charge in [0.15, 0.2) is 0 Å². The lowest BCUT2D eigenvalue weighted by Gasteiger charge is -2.37. The van der Waals surface area contributed by atoms with Crippen molar-refractivity contribution in [2.75, 3.05) is 18.0 Å². The number of carbonyl (C=O) groups is 1. The molecule has 0 atom stereocenters. The van der Waals surface area contributed by atoms with E-state index in [-0.39, 0.29) is 11.9 Å². The number of piperidine rings is 1. The van der Waals surface area contributed by atoms with Crippen molar-refractivity contribution < 1.29 is 13.2 Å². The van der Waals surface area contributed by atoms with Crippen LogP contribution in [0, 0.1) is 0 Å². The fourth-order valence-electron chi connectivity index (χ4n) is 3.83. The van der Waals surface area contributed by atoms with Gasteiger partial charge in [-0.05, 0) is 49.1 Å². The Morgan fingerprint density at radius 3 is 2.38 bits per heavy atom. The molecule has 1 amide bonds. The molecular formula is C25H29N3O3S. The highest BCUT2D eigenvalue weighted by Gasteiger charge is 2.35. The summed E-state index contributed by atoms with van der Waals surface area (Å²) in [5.41, 5.74) is 1.51. The smallest absolute Gasteiger partial charge is 0.259 e. The largest absolute Gasteiger partial charge is 0.289 e. The molecule has 1 aromatic carbocycles. The number of hydrogen-bond acceptors (Lipinski definition) is 4. The highest BCUT2D eigenvalue weighted by atomic mass is 32.2. The maximum absolute atomic E-state index is 13.3. The molecule has 3 rings (SSSR count). The molecule has 2 heterocycles. The Kier molecular flexibility index (Phi) is 7.77. The van der Waals surface area contributed by atoms with Gasteiger partial charge >= 0.3 is 0 Å². The maximum Gasteiger partial charge on any atom is 0.259 e. The Hall–Kier alpha value is -3.03. The molecule has 2 aromatic rings. The van der Waals surface area contributed by atoms with E-state index in [1.54, 1.807) is 47.5 Å². The third-order valence-electron chi connectivity index (χ3n) is 5.64. The molecule has 0 bridgehead atoms. The van der Waals surface area contributed by atoms with Gasteiger partial charge in [-0.25, -0.2) is 13.4 Å². The van der Waals surface area contributed by atoms with E-state index in [4.69, 9.17) is 0 Å². The molecule has 0 unspecified atom stereocenters. The van der Waals surface area contributed by atoms with Gasteiger partial charge in [0.1, 0.15) is 5.82 Å². The topological polar surface area (TPSA) is 70.6 Å². The quantitative estimate of drug-likeness (QED) is 0.447. The number of aromatic nitrogens is 1. The molecule has 1 aliphatic rings. The first kappa shape index (κ1) is 23.6. The SMILES string of the molecule is C=C/C=C(\C=C)C(=O)N(c1ccccn1)C1CCN(S(=O)(=O)c2ccc(CC)cc2)CC1. The molecule has 1 fully saturated rings. The van der Waals surface area contributed by atoms with E-state index < -0.39 is 10.0 Å². The summed E-state index contributed by atoms with van der Waals surface area (Å²) in [7, 11) is -3.58. The molecule has 0 aliphatic carbocycles. The zero-order valence-electron chi connectivity index (χ0n) is 18.4. The number of aryl methyl sites for hydroxylation is 1. The molecule has 1 aromatic heterocycles. The van der Waals surface area contributed by atoms with Crippen LogP contribution in [0.3, 0.4) is 0 Å². The molecule has 0 spiro atoms. The van der Waals surface area contributed by atoms with Crippen LogP contribution in [0.1, 0.15) is 25.3 Å². The van der Waals surface area contributed by atoms with Gasteiger partial charge in [-0.1, -0.05) is 56.5 Å². The van der Waals surface area contributed by atoms with Gasteiger partial charge in [0, 0.05) is 30.9 Å². The van der Waals surface area contributed by atoms with E-state index in [1.807, 2.05) is 25.1 Å². The summed E-state index contributed by atoms with van der Waals surface area (Å²) in [5.74, 6) is 0.306. The number of benzene rings is 1. The van der Waals surface area contributed by atoms with Crippen LogP contribution >= 0.6 is 0 Å². The van der Waals surface area contributed by atoms with E-state index in [0.29, 0.717) is 42.2 Å². The van der Waals surface area contributed by atoms with Gasteiger partial charge in [0.05, 0.1) is 4.90 Å². The summed E-state index contributed by atoms with van der Waals surface area (Å²) >= 11 is 0. The Balaban J connectivity index is 1.82. The first-order valence-corrected chi connectivity index (χ1v) is 12.1. The molecule has 1 saturated heterocycles. The van der Waals surface area contributed by atoms with Gasteiger partial charge in [-0.3, -0.25) is 9.69 Å². The summed E-state index contributed by atoms with van der Waals surface area (Å²) in [4.78, 5) is 19.6. The van der Waals surface area contributed by atoms with Gasteiger partial charge in [-0.15, -0.1) is 0 Å². The highest BCUT2D eigenvalue weighted by Crippen LogP contribution is 2.27. The molecule has 0 saturated carbocycles. The minimum absolute atomic E-state index is 0.181. The van der Waals surface area contributed by atoms with Crippen molar-refractivity contribution in [1.29, 1.82) is 0 Å². The maximum atomic E-state index is 13.3. The molecule has 0 N–H and O–H groups in total. The van der Waals surface area contributed by atoms with Crippen LogP contribution in [0.4, 0.5) is 5.82 Å². The summed E-state index contributed by atoms with van der Waals surface area (Å²) in [6.07, 6.45) is 8.17. The van der Waals surface area contributed by atoms with Crippen LogP contribution in [-0.2, 0) is 21.2 Å². The van der Waals surface area contributed by atoms with Crippen LogP contribution in [0.25, 0.3) is 0 Å². The lowest BCUT2D eigenvalue weighted by atomic mass is 10.0. The molecular weight excluding hydrogens is 422 g/mol. The second-order valence-corrected chi connectivity index (χ2v) is 9.50. The number of sulfonamides is 1. The van der Waals surface area contributed by atoms with Crippen molar-refractivity contribution in [3.8, 4) is 0 Å². The fourth-order valence-corrected chi connectivity index (χ4v) is 5.30. The first-order valence-electron chi connectivity index (χ1n) is 10.7. The van der Waals surface area contributed by atoms with Gasteiger partial charge in [0.25, 0.3) is 5.91 Å². The third kappa shape index (κ3) is 5.06. The number of rotatable bonds is 8. The normalized spacial score (nSPS) is 15.8. The number of nitrogens with zero attached hydrogens (tertiary/aromatic N) is 3. The summed E-state index contributed by atoms with van der Waals surface area (Å²) in [6, 6.07) is 12.3. The minimum atomic E-state index is -3.58. The van der Waals surface area contributed by atoms with Crippen molar-refractivity contribution >= 4 is 21.7 Å². The fraction of sp³-hybridized carbons (Fsp3) is 0.280. The van der Waals surface area contributed by atoms with Crippen molar-refractivity contribution in [3.05, 3.63) is 91.2 Å². The number of anilines is 1. The van der Waals surface area contributed by atoms with Crippen LogP contribution in [-0.4, -0.2) is 42.7 Å². The Morgan fingerprint density at radius 1 is 1.16 bits per heavy atom. The molecule has 6 nitrogen and oxygen atoms in total. The van der Waals surface area contributed by atoms with Crippen molar-refractivity contribution in [2.24, 2.45) is 0 Å². The second kappa shape index (κ2) is 10.5. The van der Waals surface area contributed by atoms with Crippen molar-refractivity contribution in [2.45, 2.75) is 37.1 Å². The highest BCUT2D eigenvalue weighted by molar-refractivity contribution is 7.89. The summed E-state index contributed by atoms with van der Waals surface area (Å²) in [5, 5.41) is 0. The molecule has 1 aliphatic heterocycles. The van der Waals surface area contributed by atoms with E-state index in [1.165, 1.54) is 10.4 Å². The third-order valence-corrected chi connectivity index (χ3v) is 7.55. The monoisotopic (exact) mass is 451 g/mol. The lowest BCUT2D eigenvalue weighted by Crippen LogP contribution is -2.49. The Labute approximate surface area is 190 Å². The predicted molar refractivity (Wildman–Crippen MR) is 128 cm³/mol. The Morgan fingerprint density at radius 2 is 1.84 bits per heavy atom. The number of pyridine rings is 1. The van der Waals surface area contributed by atoms with E-state index in [2.05, 4.69) is 18.1 Å². The van der Waals surface area contributed by atoms with Crippen molar-refractivity contribution in [1.82, 2.24) is 9.29 Å². The lowest BCUT2D eigenvalue weighted by molar-refractivity contribution is -0.115. The number of hydrogen-bond donors (Lipinski definition) is 0. The average Bonchev–Trinajstić information content (AvgIpc) is 2.83. The average molecular weight is 452 g/mol. The standard InChI is InChI=1S/C25H29N3O3S/c1-4-9-21(6-3)25(29)28(24-10-7-8-17-26-24)22-15-18-27(19-16-22)32(30,31)23-13-11-20(5-2)12-14-23/h4,6-14,17,22H,1,3,5,15-16,18-19H2,2H3/b21-9+. The number of allylic oxidation sites excluding steroid dienone is 2. The van der Waals surface area contributed by atoms with E-state index in [0.717, 1.165) is 12.0 Å². The van der Waals surface area contributed by atoms with E-state index in [9.17, 15) is 13.2 Å². The van der Waals surface area contributed by atoms with Crippen molar-refractivity contribution in [3.63, 3.8) is 0 Å². The number of amides is 1. The van der Waals surface area contributed by atoms with Crippen LogP contribution in [0.2, 0.25) is 0 Å². The van der Waals surface area contributed by atoms with E-state index >= 15 is 0 Å². The van der Waals surface area contributed by atoms with Crippen LogP contribution in [0.15, 0.2) is 90.5 Å². The minimum Gasteiger partial charge on any atom is -0.289 e. The van der Waals surface area contributed by atoms with Crippen LogP contribution < -0.4 is 4.90 Å². The zero-order valence-corrected chi connectivity index (χ0v) is 19.2.